The highest BCUT2D eigenvalue weighted by atomic mass is 32.1. The van der Waals surface area contributed by atoms with E-state index in [9.17, 15) is 4.79 Å². The SMILES string of the molecule is Cc1c(C(=O)N2CCC(N3CCOCC3)CC2)sc2ncnc(N[C@H]3CCCc4ccccc43)c12. The number of aryl methyl sites for hydroxylation is 2. The molecule has 2 aliphatic heterocycles. The summed E-state index contributed by atoms with van der Waals surface area (Å²) in [5, 5.41) is 4.70. The van der Waals surface area contributed by atoms with Crippen molar-refractivity contribution in [3.8, 4) is 0 Å². The number of hydrogen-bond donors (Lipinski definition) is 1. The molecule has 3 aliphatic rings. The summed E-state index contributed by atoms with van der Waals surface area (Å²) in [5.74, 6) is 0.982. The van der Waals surface area contributed by atoms with Gasteiger partial charge < -0.3 is 15.0 Å². The molecular formula is C27H33N5O2S. The Labute approximate surface area is 210 Å². The van der Waals surface area contributed by atoms with E-state index in [0.29, 0.717) is 6.04 Å². The fraction of sp³-hybridized carbons (Fsp3) is 0.519. The Morgan fingerprint density at radius 1 is 1.09 bits per heavy atom. The largest absolute Gasteiger partial charge is 0.379 e. The maximum absolute atomic E-state index is 13.6. The highest BCUT2D eigenvalue weighted by Gasteiger charge is 2.30. The Hall–Kier alpha value is -2.55. The number of anilines is 1. The van der Waals surface area contributed by atoms with Crippen molar-refractivity contribution in [3.63, 3.8) is 0 Å². The number of ether oxygens (including phenoxy) is 1. The molecule has 6 rings (SSSR count). The molecule has 1 amide bonds. The minimum Gasteiger partial charge on any atom is -0.379 e. The Kier molecular flexibility index (Phi) is 6.43. The number of thiophene rings is 1. The molecule has 0 bridgehead atoms. The molecule has 35 heavy (non-hydrogen) atoms. The zero-order chi connectivity index (χ0) is 23.8. The lowest BCUT2D eigenvalue weighted by Crippen LogP contribution is -2.50. The summed E-state index contributed by atoms with van der Waals surface area (Å²) < 4.78 is 5.50. The van der Waals surface area contributed by atoms with E-state index >= 15 is 0 Å². The van der Waals surface area contributed by atoms with E-state index in [1.54, 1.807) is 6.33 Å². The van der Waals surface area contributed by atoms with Gasteiger partial charge in [-0.3, -0.25) is 9.69 Å². The first-order valence-corrected chi connectivity index (χ1v) is 13.7. The normalized spacial score (nSPS) is 21.7. The fourth-order valence-corrected chi connectivity index (χ4v) is 7.09. The van der Waals surface area contributed by atoms with Crippen LogP contribution < -0.4 is 5.32 Å². The lowest BCUT2D eigenvalue weighted by atomic mass is 9.87. The molecule has 1 aromatic carbocycles. The van der Waals surface area contributed by atoms with Crippen LogP contribution in [0.1, 0.15) is 58.1 Å². The van der Waals surface area contributed by atoms with Crippen molar-refractivity contribution in [1.82, 2.24) is 19.8 Å². The highest BCUT2D eigenvalue weighted by molar-refractivity contribution is 7.20. The quantitative estimate of drug-likeness (QED) is 0.582. The van der Waals surface area contributed by atoms with E-state index in [4.69, 9.17) is 4.74 Å². The number of nitrogens with zero attached hydrogens (tertiary/aromatic N) is 4. The lowest BCUT2D eigenvalue weighted by Gasteiger charge is -2.40. The number of amides is 1. The topological polar surface area (TPSA) is 70.6 Å². The number of likely N-dealkylation sites (tertiary alicyclic amines) is 1. The third-order valence-electron chi connectivity index (χ3n) is 7.92. The molecule has 2 aromatic heterocycles. The van der Waals surface area contributed by atoms with Gasteiger partial charge in [0.1, 0.15) is 17.0 Å². The average molecular weight is 492 g/mol. The lowest BCUT2D eigenvalue weighted by molar-refractivity contribution is 0.00163. The molecule has 2 fully saturated rings. The van der Waals surface area contributed by atoms with Crippen molar-refractivity contribution in [2.24, 2.45) is 0 Å². The van der Waals surface area contributed by atoms with Crippen molar-refractivity contribution in [2.45, 2.75) is 51.1 Å². The van der Waals surface area contributed by atoms with Gasteiger partial charge in [-0.15, -0.1) is 11.3 Å². The van der Waals surface area contributed by atoms with Crippen LogP contribution in [0.5, 0.6) is 0 Å². The number of rotatable bonds is 4. The number of aromatic nitrogens is 2. The van der Waals surface area contributed by atoms with Crippen molar-refractivity contribution in [3.05, 3.63) is 52.2 Å². The maximum Gasteiger partial charge on any atom is 0.264 e. The first kappa shape index (κ1) is 22.9. The van der Waals surface area contributed by atoms with Gasteiger partial charge in [0.15, 0.2) is 0 Å². The van der Waals surface area contributed by atoms with Crippen molar-refractivity contribution < 1.29 is 9.53 Å². The predicted octanol–water partition coefficient (Wildman–Crippen LogP) is 4.43. The molecule has 184 valence electrons. The van der Waals surface area contributed by atoms with Gasteiger partial charge in [0.2, 0.25) is 0 Å². The molecule has 3 aromatic rings. The Morgan fingerprint density at radius 2 is 1.89 bits per heavy atom. The Balaban J connectivity index is 1.21. The van der Waals surface area contributed by atoms with E-state index in [0.717, 1.165) is 98.0 Å². The van der Waals surface area contributed by atoms with E-state index in [1.165, 1.54) is 22.5 Å². The van der Waals surface area contributed by atoms with Crippen LogP contribution in [-0.2, 0) is 11.2 Å². The van der Waals surface area contributed by atoms with Crippen LogP contribution in [0, 0.1) is 6.92 Å². The number of morpholine rings is 1. The van der Waals surface area contributed by atoms with Crippen LogP contribution in [0.3, 0.4) is 0 Å². The van der Waals surface area contributed by atoms with Gasteiger partial charge in [0, 0.05) is 32.2 Å². The Morgan fingerprint density at radius 3 is 2.71 bits per heavy atom. The molecule has 8 heteroatoms. The summed E-state index contributed by atoms with van der Waals surface area (Å²) in [7, 11) is 0. The van der Waals surface area contributed by atoms with E-state index in [1.807, 2.05) is 4.90 Å². The molecule has 0 saturated carbocycles. The summed E-state index contributed by atoms with van der Waals surface area (Å²) >= 11 is 1.51. The van der Waals surface area contributed by atoms with E-state index < -0.39 is 0 Å². The smallest absolute Gasteiger partial charge is 0.264 e. The molecule has 0 radical (unpaired) electrons. The number of piperidine rings is 1. The van der Waals surface area contributed by atoms with Gasteiger partial charge in [-0.25, -0.2) is 9.97 Å². The standard InChI is InChI=1S/C27H33N5O2S/c1-18-23-25(30-22-8-4-6-19-5-2-3-7-21(19)22)28-17-29-26(23)35-24(18)27(33)32-11-9-20(10-12-32)31-13-15-34-16-14-31/h2-3,5,7,17,20,22H,4,6,8-16H2,1H3,(H,28,29,30)/t22-/m0/s1. The van der Waals surface area contributed by atoms with Crippen molar-refractivity contribution in [1.29, 1.82) is 0 Å². The molecular weight excluding hydrogens is 458 g/mol. The van der Waals surface area contributed by atoms with Gasteiger partial charge in [0.25, 0.3) is 5.91 Å². The van der Waals surface area contributed by atoms with Gasteiger partial charge in [-0.05, 0) is 55.7 Å². The fourth-order valence-electron chi connectivity index (χ4n) is 5.97. The monoisotopic (exact) mass is 491 g/mol. The van der Waals surface area contributed by atoms with E-state index in [-0.39, 0.29) is 11.9 Å². The zero-order valence-corrected chi connectivity index (χ0v) is 21.1. The second-order valence-corrected chi connectivity index (χ2v) is 10.9. The van der Waals surface area contributed by atoms with Crippen LogP contribution in [0.4, 0.5) is 5.82 Å². The molecule has 4 heterocycles. The zero-order valence-electron chi connectivity index (χ0n) is 20.3. The summed E-state index contributed by atoms with van der Waals surface area (Å²) in [5.41, 5.74) is 3.77. The second kappa shape index (κ2) is 9.84. The maximum atomic E-state index is 13.6. The first-order valence-electron chi connectivity index (χ1n) is 12.9. The molecule has 0 spiro atoms. The highest BCUT2D eigenvalue weighted by Crippen LogP contribution is 2.38. The minimum absolute atomic E-state index is 0.139. The number of hydrogen-bond acceptors (Lipinski definition) is 7. The van der Waals surface area contributed by atoms with Gasteiger partial charge in [-0.2, -0.15) is 0 Å². The molecule has 1 N–H and O–H groups in total. The third-order valence-corrected chi connectivity index (χ3v) is 9.10. The second-order valence-electron chi connectivity index (χ2n) is 9.92. The molecule has 1 aliphatic carbocycles. The molecule has 7 nitrogen and oxygen atoms in total. The van der Waals surface area contributed by atoms with Crippen LogP contribution in [-0.4, -0.2) is 71.1 Å². The summed E-state index contributed by atoms with van der Waals surface area (Å²) in [6.07, 6.45) is 7.06. The summed E-state index contributed by atoms with van der Waals surface area (Å²) in [4.78, 5) is 29.0. The number of carbonyl (C=O) groups is 1. The van der Waals surface area contributed by atoms with E-state index in [2.05, 4.69) is 51.4 Å². The summed E-state index contributed by atoms with van der Waals surface area (Å²) in [6, 6.07) is 9.48. The van der Waals surface area contributed by atoms with Gasteiger partial charge in [0.05, 0.1) is 29.5 Å². The number of benzene rings is 1. The van der Waals surface area contributed by atoms with Crippen LogP contribution in [0.25, 0.3) is 10.2 Å². The number of carbonyl (C=O) groups excluding carboxylic acids is 1. The van der Waals surface area contributed by atoms with Crippen LogP contribution in [0.15, 0.2) is 30.6 Å². The minimum atomic E-state index is 0.139. The first-order chi connectivity index (χ1) is 17.2. The molecule has 2 saturated heterocycles. The van der Waals surface area contributed by atoms with Crippen LogP contribution in [0.2, 0.25) is 0 Å². The third kappa shape index (κ3) is 4.43. The predicted molar refractivity (Wildman–Crippen MR) is 139 cm³/mol. The van der Waals surface area contributed by atoms with Crippen molar-refractivity contribution >= 4 is 33.3 Å². The van der Waals surface area contributed by atoms with Crippen LogP contribution >= 0.6 is 11.3 Å². The average Bonchev–Trinajstić information content (AvgIpc) is 3.26. The summed E-state index contributed by atoms with van der Waals surface area (Å²) in [6.45, 7) is 7.33. The number of fused-ring (bicyclic) bond motifs is 2. The number of nitrogens with one attached hydrogen (secondary N) is 1. The Bertz CT molecular complexity index is 1210. The van der Waals surface area contributed by atoms with Gasteiger partial charge in [-0.1, -0.05) is 24.3 Å². The molecule has 0 unspecified atom stereocenters. The van der Waals surface area contributed by atoms with Gasteiger partial charge >= 0.3 is 0 Å². The van der Waals surface area contributed by atoms with Crippen molar-refractivity contribution in [2.75, 3.05) is 44.7 Å². The molecule has 1 atom stereocenters.